The van der Waals surface area contributed by atoms with Gasteiger partial charge in [-0.1, -0.05) is 17.7 Å². The van der Waals surface area contributed by atoms with E-state index in [1.807, 2.05) is 31.2 Å². The Kier molecular flexibility index (Phi) is 3.17. The first-order chi connectivity index (χ1) is 6.42. The van der Waals surface area contributed by atoms with E-state index >= 15 is 0 Å². The Bertz CT molecular complexity index is 328. The minimum atomic E-state index is -0.975. The third-order valence-electron chi connectivity index (χ3n) is 1.87. The van der Waals surface area contributed by atoms with Gasteiger partial charge in [0.2, 0.25) is 0 Å². The first-order valence-electron chi connectivity index (χ1n) is 4.37. The van der Waals surface area contributed by atoms with Crippen LogP contribution in [-0.4, -0.2) is 10.8 Å². The Morgan fingerprint density at radius 2 is 1.79 bits per heavy atom. The lowest BCUT2D eigenvalue weighted by Gasteiger charge is -2.21. The van der Waals surface area contributed by atoms with E-state index in [9.17, 15) is 4.79 Å². The van der Waals surface area contributed by atoms with E-state index in [4.69, 9.17) is 16.3 Å². The van der Waals surface area contributed by atoms with Gasteiger partial charge in [-0.15, -0.1) is 0 Å². The molecule has 0 spiro atoms. The zero-order valence-electron chi connectivity index (χ0n) is 8.50. The number of carbonyl (C=O) groups excluding carboxylic acids is 1. The molecule has 0 aromatic heterocycles. The molecule has 0 aliphatic carbocycles. The van der Waals surface area contributed by atoms with Crippen molar-refractivity contribution in [2.24, 2.45) is 0 Å². The minimum absolute atomic E-state index is 0.502. The van der Waals surface area contributed by atoms with Gasteiger partial charge < -0.3 is 4.74 Å². The van der Waals surface area contributed by atoms with Gasteiger partial charge in [0.25, 0.3) is 5.24 Å². The van der Waals surface area contributed by atoms with Crippen LogP contribution < -0.4 is 4.74 Å². The highest BCUT2D eigenvalue weighted by molar-refractivity contribution is 6.65. The highest BCUT2D eigenvalue weighted by Gasteiger charge is 2.27. The first-order valence-corrected chi connectivity index (χ1v) is 4.75. The van der Waals surface area contributed by atoms with Crippen molar-refractivity contribution in [2.45, 2.75) is 26.4 Å². The summed E-state index contributed by atoms with van der Waals surface area (Å²) in [5.74, 6) is 0.648. The third kappa shape index (κ3) is 2.74. The molecule has 0 heterocycles. The van der Waals surface area contributed by atoms with Crippen LogP contribution in [0.25, 0.3) is 0 Å². The smallest absolute Gasteiger partial charge is 0.264 e. The SMILES string of the molecule is Cc1ccc(OC(C)(C)C(=O)Cl)cc1. The zero-order valence-corrected chi connectivity index (χ0v) is 9.26. The van der Waals surface area contributed by atoms with Gasteiger partial charge in [0, 0.05) is 0 Å². The van der Waals surface area contributed by atoms with Crippen LogP contribution in [-0.2, 0) is 4.79 Å². The molecule has 0 amide bonds. The van der Waals surface area contributed by atoms with Crippen LogP contribution in [0.3, 0.4) is 0 Å². The third-order valence-corrected chi connectivity index (χ3v) is 2.32. The van der Waals surface area contributed by atoms with Crippen molar-refractivity contribution in [3.63, 3.8) is 0 Å². The summed E-state index contributed by atoms with van der Waals surface area (Å²) in [5, 5.41) is -0.502. The van der Waals surface area contributed by atoms with Crippen LogP contribution in [0, 0.1) is 6.92 Å². The van der Waals surface area contributed by atoms with Crippen LogP contribution in [0.5, 0.6) is 5.75 Å². The molecule has 0 N–H and O–H groups in total. The predicted octanol–water partition coefficient (Wildman–Crippen LogP) is 2.92. The molecule has 76 valence electrons. The second-order valence-electron chi connectivity index (χ2n) is 3.70. The predicted molar refractivity (Wildman–Crippen MR) is 56.7 cm³/mol. The minimum Gasteiger partial charge on any atom is -0.479 e. The van der Waals surface area contributed by atoms with Crippen molar-refractivity contribution in [2.75, 3.05) is 0 Å². The highest BCUT2D eigenvalue weighted by Crippen LogP contribution is 2.20. The standard InChI is InChI=1S/C11H13ClO2/c1-8-4-6-9(7-5-8)14-11(2,3)10(12)13/h4-7H,1-3H3. The molecule has 0 saturated heterocycles. The maximum Gasteiger partial charge on any atom is 0.264 e. The maximum atomic E-state index is 11.0. The van der Waals surface area contributed by atoms with Gasteiger partial charge in [-0.25, -0.2) is 0 Å². The molecular weight excluding hydrogens is 200 g/mol. The van der Waals surface area contributed by atoms with Crippen LogP contribution in [0.15, 0.2) is 24.3 Å². The lowest BCUT2D eigenvalue weighted by molar-refractivity contribution is -0.123. The van der Waals surface area contributed by atoms with Crippen LogP contribution in [0.1, 0.15) is 19.4 Å². The Morgan fingerprint density at radius 1 is 1.29 bits per heavy atom. The number of carbonyl (C=O) groups is 1. The number of ether oxygens (including phenoxy) is 1. The number of rotatable bonds is 3. The van der Waals surface area contributed by atoms with E-state index in [0.717, 1.165) is 5.56 Å². The molecule has 0 aliphatic heterocycles. The summed E-state index contributed by atoms with van der Waals surface area (Å²) in [6.45, 7) is 5.27. The lowest BCUT2D eigenvalue weighted by Crippen LogP contribution is -2.34. The highest BCUT2D eigenvalue weighted by atomic mass is 35.5. The average Bonchev–Trinajstić information content (AvgIpc) is 2.08. The normalized spacial score (nSPS) is 11.1. The molecule has 0 unspecified atom stereocenters. The second-order valence-corrected chi connectivity index (χ2v) is 4.04. The summed E-state index contributed by atoms with van der Waals surface area (Å²) < 4.78 is 5.44. The van der Waals surface area contributed by atoms with E-state index < -0.39 is 10.8 Å². The Morgan fingerprint density at radius 3 is 2.21 bits per heavy atom. The molecule has 0 atom stereocenters. The van der Waals surface area contributed by atoms with Crippen molar-refractivity contribution >= 4 is 16.8 Å². The summed E-state index contributed by atoms with van der Waals surface area (Å²) in [6, 6.07) is 7.47. The van der Waals surface area contributed by atoms with E-state index in [2.05, 4.69) is 0 Å². The molecule has 1 rings (SSSR count). The molecule has 0 saturated carbocycles. The fraction of sp³-hybridized carbons (Fsp3) is 0.364. The van der Waals surface area contributed by atoms with E-state index in [0.29, 0.717) is 5.75 Å². The van der Waals surface area contributed by atoms with Crippen molar-refractivity contribution in [3.8, 4) is 5.75 Å². The molecule has 2 nitrogen and oxygen atoms in total. The van der Waals surface area contributed by atoms with Gasteiger partial charge in [-0.2, -0.15) is 0 Å². The fourth-order valence-corrected chi connectivity index (χ4v) is 0.980. The summed E-state index contributed by atoms with van der Waals surface area (Å²) in [7, 11) is 0. The summed E-state index contributed by atoms with van der Waals surface area (Å²) in [4.78, 5) is 11.0. The topological polar surface area (TPSA) is 26.3 Å². The first kappa shape index (κ1) is 11.1. The van der Waals surface area contributed by atoms with Crippen molar-refractivity contribution in [1.82, 2.24) is 0 Å². The molecular formula is C11H13ClO2. The van der Waals surface area contributed by atoms with Gasteiger partial charge in [0.15, 0.2) is 5.60 Å². The zero-order chi connectivity index (χ0) is 10.8. The number of aryl methyl sites for hydroxylation is 1. The van der Waals surface area contributed by atoms with Crippen LogP contribution >= 0.6 is 11.6 Å². The van der Waals surface area contributed by atoms with Gasteiger partial charge in [0.1, 0.15) is 5.75 Å². The molecule has 0 fully saturated rings. The molecule has 1 aromatic carbocycles. The quantitative estimate of drug-likeness (QED) is 0.721. The second kappa shape index (κ2) is 4.01. The van der Waals surface area contributed by atoms with Crippen LogP contribution in [0.4, 0.5) is 0 Å². The van der Waals surface area contributed by atoms with Gasteiger partial charge >= 0.3 is 0 Å². The van der Waals surface area contributed by atoms with Crippen molar-refractivity contribution in [1.29, 1.82) is 0 Å². The van der Waals surface area contributed by atoms with Gasteiger partial charge in [-0.3, -0.25) is 4.79 Å². The van der Waals surface area contributed by atoms with E-state index in [-0.39, 0.29) is 0 Å². The number of halogens is 1. The molecule has 0 aliphatic rings. The van der Waals surface area contributed by atoms with Crippen molar-refractivity contribution in [3.05, 3.63) is 29.8 Å². The van der Waals surface area contributed by atoms with Gasteiger partial charge in [-0.05, 0) is 44.5 Å². The largest absolute Gasteiger partial charge is 0.479 e. The fourth-order valence-electron chi connectivity index (χ4n) is 0.941. The number of hydrogen-bond acceptors (Lipinski definition) is 2. The lowest BCUT2D eigenvalue weighted by atomic mass is 10.1. The van der Waals surface area contributed by atoms with Crippen LogP contribution in [0.2, 0.25) is 0 Å². The Hall–Kier alpha value is -1.02. The van der Waals surface area contributed by atoms with Crippen molar-refractivity contribution < 1.29 is 9.53 Å². The molecule has 14 heavy (non-hydrogen) atoms. The molecule has 0 bridgehead atoms. The van der Waals surface area contributed by atoms with E-state index in [1.165, 1.54) is 0 Å². The summed E-state index contributed by atoms with van der Waals surface area (Å²) >= 11 is 5.39. The molecule has 0 radical (unpaired) electrons. The Balaban J connectivity index is 2.79. The monoisotopic (exact) mass is 212 g/mol. The molecule has 3 heteroatoms. The Labute approximate surface area is 88.8 Å². The summed E-state index contributed by atoms with van der Waals surface area (Å²) in [5.41, 5.74) is 0.170. The van der Waals surface area contributed by atoms with Gasteiger partial charge in [0.05, 0.1) is 0 Å². The molecule has 1 aromatic rings. The number of benzene rings is 1. The average molecular weight is 213 g/mol. The van der Waals surface area contributed by atoms with E-state index in [1.54, 1.807) is 13.8 Å². The number of hydrogen-bond donors (Lipinski definition) is 0. The maximum absolute atomic E-state index is 11.0. The summed E-state index contributed by atoms with van der Waals surface area (Å²) in [6.07, 6.45) is 0.